The first-order valence-electron chi connectivity index (χ1n) is 8.71. The predicted molar refractivity (Wildman–Crippen MR) is 105 cm³/mol. The van der Waals surface area contributed by atoms with E-state index < -0.39 is 48.4 Å². The van der Waals surface area contributed by atoms with Gasteiger partial charge in [0.25, 0.3) is 0 Å². The Bertz CT molecular complexity index is 1110. The molecule has 2 aromatic rings. The number of ether oxygens (including phenoxy) is 3. The Labute approximate surface area is 179 Å². The molecule has 13 heteroatoms. The SMILES string of the molecule is [N-]=[N+]=NCC(=O)OCOC(=O)/C(=C/c1ccc(F)c(F)c1OCc1ccccc1)N=[N+]=[N-]. The second-order valence-corrected chi connectivity index (χ2v) is 5.73. The molecule has 0 amide bonds. The molecule has 2 rings (SSSR count). The van der Waals surface area contributed by atoms with Gasteiger partial charge in [0.15, 0.2) is 11.6 Å². The Morgan fingerprint density at radius 2 is 1.78 bits per heavy atom. The van der Waals surface area contributed by atoms with Crippen molar-refractivity contribution in [2.45, 2.75) is 6.61 Å². The zero-order chi connectivity index (χ0) is 23.3. The maximum atomic E-state index is 14.4. The summed E-state index contributed by atoms with van der Waals surface area (Å²) >= 11 is 0. The Morgan fingerprint density at radius 1 is 1.03 bits per heavy atom. The number of carbonyl (C=O) groups excluding carboxylic acids is 2. The van der Waals surface area contributed by atoms with Crippen LogP contribution < -0.4 is 4.74 Å². The molecule has 0 aromatic heterocycles. The van der Waals surface area contributed by atoms with Crippen molar-refractivity contribution in [1.29, 1.82) is 0 Å². The first-order valence-corrected chi connectivity index (χ1v) is 8.71. The van der Waals surface area contributed by atoms with Crippen LogP contribution in [-0.2, 0) is 25.7 Å². The van der Waals surface area contributed by atoms with Gasteiger partial charge in [-0.05, 0) is 34.8 Å². The van der Waals surface area contributed by atoms with Crippen LogP contribution in [0.3, 0.4) is 0 Å². The van der Waals surface area contributed by atoms with Crippen LogP contribution in [-0.4, -0.2) is 25.3 Å². The number of azide groups is 2. The summed E-state index contributed by atoms with van der Waals surface area (Å²) in [4.78, 5) is 28.2. The maximum Gasteiger partial charge on any atom is 0.343 e. The van der Waals surface area contributed by atoms with Crippen LogP contribution >= 0.6 is 0 Å². The minimum Gasteiger partial charge on any atom is -0.485 e. The van der Waals surface area contributed by atoms with Crippen LogP contribution in [0, 0.1) is 11.6 Å². The predicted octanol–water partition coefficient (Wildman–Crippen LogP) is 4.55. The molecule has 2 aromatic carbocycles. The number of esters is 2. The Hall–Kier alpha value is -4.60. The van der Waals surface area contributed by atoms with E-state index in [-0.39, 0.29) is 12.2 Å². The highest BCUT2D eigenvalue weighted by Crippen LogP contribution is 2.28. The molecule has 0 saturated carbocycles. The van der Waals surface area contributed by atoms with E-state index in [2.05, 4.69) is 29.5 Å². The molecule has 0 bridgehead atoms. The largest absolute Gasteiger partial charge is 0.485 e. The lowest BCUT2D eigenvalue weighted by molar-refractivity contribution is -0.163. The van der Waals surface area contributed by atoms with Crippen LogP contribution in [0.2, 0.25) is 0 Å². The van der Waals surface area contributed by atoms with Crippen molar-refractivity contribution in [1.82, 2.24) is 0 Å². The molecule has 0 saturated heterocycles. The average molecular weight is 444 g/mol. The summed E-state index contributed by atoms with van der Waals surface area (Å²) in [7, 11) is 0. The first kappa shape index (κ1) is 23.7. The number of nitrogens with zero attached hydrogens (tertiary/aromatic N) is 6. The van der Waals surface area contributed by atoms with Gasteiger partial charge in [0.2, 0.25) is 12.6 Å². The molecule has 0 unspecified atom stereocenters. The van der Waals surface area contributed by atoms with Crippen molar-refractivity contribution in [3.05, 3.63) is 91.8 Å². The number of hydrogen-bond acceptors (Lipinski definition) is 7. The van der Waals surface area contributed by atoms with Gasteiger partial charge in [-0.3, -0.25) is 4.79 Å². The zero-order valence-corrected chi connectivity index (χ0v) is 16.2. The molecule has 0 spiro atoms. The molecule has 11 nitrogen and oxygen atoms in total. The molecule has 0 fully saturated rings. The van der Waals surface area contributed by atoms with Crippen molar-refractivity contribution in [2.75, 3.05) is 13.3 Å². The second-order valence-electron chi connectivity index (χ2n) is 5.73. The topological polar surface area (TPSA) is 159 Å². The highest BCUT2D eigenvalue weighted by atomic mass is 19.2. The fraction of sp³-hybridized carbons (Fsp3) is 0.158. The standard InChI is InChI=1S/C19H14F2N6O5/c20-14-7-6-13(18(17(14)21)30-10-12-4-2-1-3-5-12)8-15(25-27-23)19(29)32-11-31-16(28)9-24-26-22/h1-8H,9-11H2/b15-8-. The van der Waals surface area contributed by atoms with Crippen LogP contribution in [0.4, 0.5) is 8.78 Å². The van der Waals surface area contributed by atoms with E-state index >= 15 is 0 Å². The van der Waals surface area contributed by atoms with Gasteiger partial charge in [-0.15, -0.1) is 0 Å². The molecule has 0 radical (unpaired) electrons. The quantitative estimate of drug-likeness (QED) is 0.131. The van der Waals surface area contributed by atoms with Gasteiger partial charge in [0, 0.05) is 15.4 Å². The maximum absolute atomic E-state index is 14.4. The molecule has 0 heterocycles. The van der Waals surface area contributed by atoms with Crippen LogP contribution in [0.25, 0.3) is 27.0 Å². The molecule has 0 aliphatic rings. The fourth-order valence-electron chi connectivity index (χ4n) is 2.22. The summed E-state index contributed by atoms with van der Waals surface area (Å²) in [5.41, 5.74) is 16.7. The summed E-state index contributed by atoms with van der Waals surface area (Å²) in [5, 5.41) is 6.13. The second kappa shape index (κ2) is 12.2. The number of hydrogen-bond donors (Lipinski definition) is 0. The number of carbonyl (C=O) groups is 2. The molecule has 32 heavy (non-hydrogen) atoms. The minimum absolute atomic E-state index is 0.107. The lowest BCUT2D eigenvalue weighted by Gasteiger charge is -2.12. The molecule has 164 valence electrons. The van der Waals surface area contributed by atoms with Crippen molar-refractivity contribution >= 4 is 18.0 Å². The van der Waals surface area contributed by atoms with Crippen molar-refractivity contribution in [2.24, 2.45) is 10.2 Å². The van der Waals surface area contributed by atoms with Gasteiger partial charge in [0.1, 0.15) is 18.8 Å². The number of rotatable bonds is 10. The van der Waals surface area contributed by atoms with E-state index in [9.17, 15) is 18.4 Å². The number of benzene rings is 2. The highest BCUT2D eigenvalue weighted by molar-refractivity contribution is 5.93. The van der Waals surface area contributed by atoms with Crippen LogP contribution in [0.5, 0.6) is 5.75 Å². The molecule has 0 atom stereocenters. The molecule has 0 N–H and O–H groups in total. The van der Waals surface area contributed by atoms with Gasteiger partial charge in [0.05, 0.1) is 0 Å². The molecule has 0 aliphatic carbocycles. The smallest absolute Gasteiger partial charge is 0.343 e. The Kier molecular flexibility index (Phi) is 9.01. The monoisotopic (exact) mass is 444 g/mol. The van der Waals surface area contributed by atoms with E-state index in [1.54, 1.807) is 30.3 Å². The summed E-state index contributed by atoms with van der Waals surface area (Å²) in [6.07, 6.45) is 0.923. The molecule has 0 aliphatic heterocycles. The lowest BCUT2D eigenvalue weighted by atomic mass is 10.1. The van der Waals surface area contributed by atoms with E-state index in [0.29, 0.717) is 5.56 Å². The van der Waals surface area contributed by atoms with E-state index in [1.807, 2.05) is 0 Å². The van der Waals surface area contributed by atoms with Crippen LogP contribution in [0.15, 0.2) is 58.4 Å². The van der Waals surface area contributed by atoms with Crippen molar-refractivity contribution in [3.63, 3.8) is 0 Å². The van der Waals surface area contributed by atoms with Gasteiger partial charge >= 0.3 is 11.9 Å². The third-order valence-electron chi connectivity index (χ3n) is 3.63. The van der Waals surface area contributed by atoms with Gasteiger partial charge in [-0.2, -0.15) is 4.39 Å². The highest BCUT2D eigenvalue weighted by Gasteiger charge is 2.17. The van der Waals surface area contributed by atoms with Gasteiger partial charge in [-0.1, -0.05) is 40.6 Å². The van der Waals surface area contributed by atoms with Crippen molar-refractivity contribution in [3.8, 4) is 5.75 Å². The molecular weight excluding hydrogens is 430 g/mol. The van der Waals surface area contributed by atoms with E-state index in [0.717, 1.165) is 18.2 Å². The first-order chi connectivity index (χ1) is 15.5. The third kappa shape index (κ3) is 7.02. The Morgan fingerprint density at radius 3 is 2.47 bits per heavy atom. The third-order valence-corrected chi connectivity index (χ3v) is 3.63. The summed E-state index contributed by atoms with van der Waals surface area (Å²) < 4.78 is 42.6. The normalized spacial score (nSPS) is 10.4. The van der Waals surface area contributed by atoms with Crippen LogP contribution in [0.1, 0.15) is 11.1 Å². The fourth-order valence-corrected chi connectivity index (χ4v) is 2.22. The summed E-state index contributed by atoms with van der Waals surface area (Å²) in [6.45, 7) is -1.60. The number of halogens is 2. The van der Waals surface area contributed by atoms with E-state index in [4.69, 9.17) is 15.8 Å². The minimum atomic E-state index is -1.31. The Balaban J connectivity index is 2.22. The lowest BCUT2D eigenvalue weighted by Crippen LogP contribution is -2.15. The summed E-state index contributed by atoms with van der Waals surface area (Å²) in [6, 6.07) is 10.6. The van der Waals surface area contributed by atoms with Gasteiger partial charge < -0.3 is 14.2 Å². The average Bonchev–Trinajstić information content (AvgIpc) is 2.80. The zero-order valence-electron chi connectivity index (χ0n) is 16.2. The van der Waals surface area contributed by atoms with E-state index in [1.165, 1.54) is 0 Å². The molecular formula is C19H14F2N6O5. The van der Waals surface area contributed by atoms with Crippen molar-refractivity contribution < 1.29 is 32.6 Å². The summed E-state index contributed by atoms with van der Waals surface area (Å²) in [5.74, 6) is -5.21. The van der Waals surface area contributed by atoms with Gasteiger partial charge in [-0.25, -0.2) is 9.18 Å².